The van der Waals surface area contributed by atoms with Gasteiger partial charge in [0.15, 0.2) is 0 Å². The lowest BCUT2D eigenvalue weighted by molar-refractivity contribution is -0.121. The SMILES string of the molecule is CC(C)CNC(=O)CCNS(=O)(=O)c1cc(Br)ccc1Br. The van der Waals surface area contributed by atoms with E-state index >= 15 is 0 Å². The summed E-state index contributed by atoms with van der Waals surface area (Å²) in [4.78, 5) is 11.7. The quantitative estimate of drug-likeness (QED) is 0.682. The summed E-state index contributed by atoms with van der Waals surface area (Å²) >= 11 is 6.45. The van der Waals surface area contributed by atoms with Crippen molar-refractivity contribution in [2.24, 2.45) is 5.92 Å². The predicted molar refractivity (Wildman–Crippen MR) is 89.5 cm³/mol. The summed E-state index contributed by atoms with van der Waals surface area (Å²) in [6.45, 7) is 4.63. The third kappa shape index (κ3) is 6.46. The van der Waals surface area contributed by atoms with E-state index in [1.807, 2.05) is 13.8 Å². The first-order chi connectivity index (χ1) is 9.72. The molecule has 8 heteroatoms. The molecule has 2 N–H and O–H groups in total. The second-order valence-corrected chi connectivity index (χ2v) is 8.43. The van der Waals surface area contributed by atoms with Crippen molar-refractivity contribution in [3.05, 3.63) is 27.1 Å². The van der Waals surface area contributed by atoms with Crippen LogP contribution in [0.4, 0.5) is 0 Å². The Morgan fingerprint density at radius 1 is 1.29 bits per heavy atom. The van der Waals surface area contributed by atoms with Crippen LogP contribution < -0.4 is 10.0 Å². The predicted octanol–water partition coefficient (Wildman–Crippen LogP) is 2.65. The fraction of sp³-hybridized carbons (Fsp3) is 0.462. The van der Waals surface area contributed by atoms with Gasteiger partial charge in [0.1, 0.15) is 0 Å². The maximum absolute atomic E-state index is 12.2. The van der Waals surface area contributed by atoms with Crippen molar-refractivity contribution in [3.8, 4) is 0 Å². The molecule has 1 aromatic carbocycles. The fourth-order valence-electron chi connectivity index (χ4n) is 1.47. The highest BCUT2D eigenvalue weighted by atomic mass is 79.9. The smallest absolute Gasteiger partial charge is 0.241 e. The van der Waals surface area contributed by atoms with E-state index in [9.17, 15) is 13.2 Å². The van der Waals surface area contributed by atoms with Crippen molar-refractivity contribution in [3.63, 3.8) is 0 Å². The maximum Gasteiger partial charge on any atom is 0.241 e. The highest BCUT2D eigenvalue weighted by Crippen LogP contribution is 2.25. The summed E-state index contributed by atoms with van der Waals surface area (Å²) in [5, 5.41) is 2.74. The molecule has 21 heavy (non-hydrogen) atoms. The Morgan fingerprint density at radius 3 is 2.57 bits per heavy atom. The van der Waals surface area contributed by atoms with Gasteiger partial charge in [0.2, 0.25) is 15.9 Å². The van der Waals surface area contributed by atoms with E-state index in [0.29, 0.717) is 21.4 Å². The number of sulfonamides is 1. The molecule has 0 spiro atoms. The summed E-state index contributed by atoms with van der Waals surface area (Å²) in [5.74, 6) is 0.197. The van der Waals surface area contributed by atoms with Crippen LogP contribution in [0.3, 0.4) is 0 Å². The summed E-state index contributed by atoms with van der Waals surface area (Å²) in [6, 6.07) is 4.89. The normalized spacial score (nSPS) is 11.7. The molecule has 0 unspecified atom stereocenters. The second-order valence-electron chi connectivity index (χ2n) is 4.92. The third-order valence-electron chi connectivity index (χ3n) is 2.53. The number of halogens is 2. The third-order valence-corrected chi connectivity index (χ3v) is 5.48. The molecule has 0 fully saturated rings. The molecule has 1 rings (SSSR count). The number of benzene rings is 1. The van der Waals surface area contributed by atoms with Crippen molar-refractivity contribution >= 4 is 47.8 Å². The molecular formula is C13H18Br2N2O3S. The second kappa shape index (κ2) is 8.26. The average Bonchev–Trinajstić information content (AvgIpc) is 2.39. The molecule has 118 valence electrons. The van der Waals surface area contributed by atoms with Crippen molar-refractivity contribution in [1.82, 2.24) is 10.0 Å². The largest absolute Gasteiger partial charge is 0.356 e. The Bertz CT molecular complexity index is 603. The van der Waals surface area contributed by atoms with Crippen molar-refractivity contribution in [2.75, 3.05) is 13.1 Å². The maximum atomic E-state index is 12.2. The van der Waals surface area contributed by atoms with Gasteiger partial charge in [0.25, 0.3) is 0 Å². The molecule has 0 atom stereocenters. The van der Waals surface area contributed by atoms with Crippen LogP contribution in [0, 0.1) is 5.92 Å². The molecule has 0 radical (unpaired) electrons. The van der Waals surface area contributed by atoms with Crippen LogP contribution in [0.1, 0.15) is 20.3 Å². The molecule has 1 amide bonds. The Morgan fingerprint density at radius 2 is 1.95 bits per heavy atom. The lowest BCUT2D eigenvalue weighted by atomic mass is 10.2. The lowest BCUT2D eigenvalue weighted by Gasteiger charge is -2.10. The van der Waals surface area contributed by atoms with E-state index in [-0.39, 0.29) is 23.8 Å². The topological polar surface area (TPSA) is 75.3 Å². The zero-order chi connectivity index (χ0) is 16.0. The molecule has 1 aromatic rings. The first-order valence-electron chi connectivity index (χ1n) is 6.44. The van der Waals surface area contributed by atoms with Crippen molar-refractivity contribution in [2.45, 2.75) is 25.2 Å². The number of hydrogen-bond donors (Lipinski definition) is 2. The van der Waals surface area contributed by atoms with Crippen LogP contribution >= 0.6 is 31.9 Å². The van der Waals surface area contributed by atoms with Crippen molar-refractivity contribution in [1.29, 1.82) is 0 Å². The minimum absolute atomic E-state index is 0.0607. The Labute approximate surface area is 142 Å². The molecule has 0 bridgehead atoms. The molecule has 0 saturated carbocycles. The number of nitrogens with one attached hydrogen (secondary N) is 2. The molecule has 0 aliphatic rings. The number of carbonyl (C=O) groups is 1. The Balaban J connectivity index is 2.58. The monoisotopic (exact) mass is 440 g/mol. The molecule has 0 aliphatic heterocycles. The average molecular weight is 442 g/mol. The molecule has 0 heterocycles. The van der Waals surface area contributed by atoms with Gasteiger partial charge in [0, 0.05) is 28.5 Å². The van der Waals surface area contributed by atoms with Crippen LogP contribution in [0.15, 0.2) is 32.0 Å². The van der Waals surface area contributed by atoms with Gasteiger partial charge in [-0.15, -0.1) is 0 Å². The molecule has 0 aliphatic carbocycles. The Kier molecular flexibility index (Phi) is 7.32. The van der Waals surface area contributed by atoms with Gasteiger partial charge in [0.05, 0.1) is 4.90 Å². The fourth-order valence-corrected chi connectivity index (χ4v) is 4.00. The van der Waals surface area contributed by atoms with E-state index in [2.05, 4.69) is 41.9 Å². The van der Waals surface area contributed by atoms with E-state index in [1.54, 1.807) is 12.1 Å². The van der Waals surface area contributed by atoms with Gasteiger partial charge in [-0.3, -0.25) is 4.79 Å². The highest BCUT2D eigenvalue weighted by Gasteiger charge is 2.18. The van der Waals surface area contributed by atoms with Gasteiger partial charge in [-0.2, -0.15) is 0 Å². The van der Waals surface area contributed by atoms with Crippen LogP contribution in [-0.2, 0) is 14.8 Å². The van der Waals surface area contributed by atoms with Crippen molar-refractivity contribution < 1.29 is 13.2 Å². The summed E-state index contributed by atoms with van der Waals surface area (Å²) in [5.41, 5.74) is 0. The van der Waals surface area contributed by atoms with Gasteiger partial charge in [-0.25, -0.2) is 13.1 Å². The van der Waals surface area contributed by atoms with Gasteiger partial charge < -0.3 is 5.32 Å². The first kappa shape index (κ1) is 18.6. The molecule has 5 nitrogen and oxygen atoms in total. The number of carbonyl (C=O) groups excluding carboxylic acids is 1. The van der Waals surface area contributed by atoms with Gasteiger partial charge in [-0.05, 0) is 40.0 Å². The van der Waals surface area contributed by atoms with Gasteiger partial charge >= 0.3 is 0 Å². The minimum Gasteiger partial charge on any atom is -0.356 e. The highest BCUT2D eigenvalue weighted by molar-refractivity contribution is 9.11. The van der Waals surface area contributed by atoms with E-state index in [4.69, 9.17) is 0 Å². The van der Waals surface area contributed by atoms with Crippen LogP contribution in [0.2, 0.25) is 0 Å². The van der Waals surface area contributed by atoms with Gasteiger partial charge in [-0.1, -0.05) is 29.8 Å². The first-order valence-corrected chi connectivity index (χ1v) is 9.50. The molecular weight excluding hydrogens is 424 g/mol. The van der Waals surface area contributed by atoms with E-state index < -0.39 is 10.0 Å². The molecule has 0 saturated heterocycles. The number of hydrogen-bond acceptors (Lipinski definition) is 3. The summed E-state index contributed by atoms with van der Waals surface area (Å²) in [7, 11) is -3.65. The van der Waals surface area contributed by atoms with Crippen LogP contribution in [0.25, 0.3) is 0 Å². The zero-order valence-corrected chi connectivity index (χ0v) is 15.8. The minimum atomic E-state index is -3.65. The lowest BCUT2D eigenvalue weighted by Crippen LogP contribution is -2.32. The number of amides is 1. The van der Waals surface area contributed by atoms with E-state index in [1.165, 1.54) is 6.07 Å². The number of rotatable bonds is 7. The summed E-state index contributed by atoms with van der Waals surface area (Å²) < 4.78 is 27.9. The Hall–Kier alpha value is -0.440. The van der Waals surface area contributed by atoms with Crippen LogP contribution in [-0.4, -0.2) is 27.4 Å². The standard InChI is InChI=1S/C13H18Br2N2O3S/c1-9(2)8-16-13(18)5-6-17-21(19,20)12-7-10(14)3-4-11(12)15/h3-4,7,9,17H,5-6,8H2,1-2H3,(H,16,18). The van der Waals surface area contributed by atoms with Crippen LogP contribution in [0.5, 0.6) is 0 Å². The summed E-state index contributed by atoms with van der Waals surface area (Å²) in [6.07, 6.45) is 0.109. The zero-order valence-electron chi connectivity index (χ0n) is 11.8. The molecule has 0 aromatic heterocycles. The van der Waals surface area contributed by atoms with E-state index in [0.717, 1.165) is 0 Å².